The van der Waals surface area contributed by atoms with Gasteiger partial charge in [0.15, 0.2) is 0 Å². The molecule has 2 aromatic carbocycles. The van der Waals surface area contributed by atoms with Gasteiger partial charge in [-0.05, 0) is 49.2 Å². The molecule has 6 nitrogen and oxygen atoms in total. The summed E-state index contributed by atoms with van der Waals surface area (Å²) in [5.74, 6) is 0.593. The second-order valence-electron chi connectivity index (χ2n) is 6.40. The Morgan fingerprint density at radius 3 is 2.67 bits per heavy atom. The predicted octanol–water partition coefficient (Wildman–Crippen LogP) is 3.81. The maximum absolute atomic E-state index is 12.8. The van der Waals surface area contributed by atoms with Gasteiger partial charge < -0.3 is 0 Å². The number of rotatable bonds is 4. The Labute approximate surface area is 157 Å². The van der Waals surface area contributed by atoms with Crippen molar-refractivity contribution >= 4 is 21.5 Å². The van der Waals surface area contributed by atoms with Crippen LogP contribution in [0.3, 0.4) is 0 Å². The summed E-state index contributed by atoms with van der Waals surface area (Å²) in [5, 5.41) is 0. The fourth-order valence-corrected chi connectivity index (χ4v) is 4.07. The van der Waals surface area contributed by atoms with Crippen molar-refractivity contribution in [2.45, 2.75) is 18.7 Å². The maximum atomic E-state index is 12.8. The van der Waals surface area contributed by atoms with Crippen LogP contribution < -0.4 is 4.72 Å². The van der Waals surface area contributed by atoms with Gasteiger partial charge in [-0.3, -0.25) is 9.12 Å². The van der Waals surface area contributed by atoms with E-state index >= 15 is 0 Å². The van der Waals surface area contributed by atoms with Crippen LogP contribution in [0.1, 0.15) is 11.1 Å². The first-order valence-corrected chi connectivity index (χ1v) is 9.91. The predicted molar refractivity (Wildman–Crippen MR) is 105 cm³/mol. The lowest BCUT2D eigenvalue weighted by atomic mass is 10.1. The molecule has 0 bridgehead atoms. The molecule has 4 aromatic rings. The number of anilines is 1. The molecule has 0 aliphatic heterocycles. The molecule has 0 aliphatic rings. The number of aromatic nitrogens is 3. The minimum Gasteiger partial charge on any atom is -0.291 e. The van der Waals surface area contributed by atoms with Gasteiger partial charge in [-0.15, -0.1) is 0 Å². The molecule has 136 valence electrons. The highest BCUT2D eigenvalue weighted by Crippen LogP contribution is 2.27. The number of nitrogens with zero attached hydrogens (tertiary/aromatic N) is 3. The highest BCUT2D eigenvalue weighted by molar-refractivity contribution is 7.92. The Morgan fingerprint density at radius 2 is 1.89 bits per heavy atom. The molecule has 1 N–H and O–H groups in total. The lowest BCUT2D eigenvalue weighted by Gasteiger charge is -2.12. The third kappa shape index (κ3) is 3.41. The van der Waals surface area contributed by atoms with Crippen molar-refractivity contribution in [2.75, 3.05) is 4.72 Å². The van der Waals surface area contributed by atoms with E-state index in [0.29, 0.717) is 11.5 Å². The minimum atomic E-state index is -3.67. The Kier molecular flexibility index (Phi) is 4.16. The van der Waals surface area contributed by atoms with E-state index in [1.807, 2.05) is 54.9 Å². The molecule has 0 amide bonds. The molecule has 0 radical (unpaired) electrons. The second-order valence-corrected chi connectivity index (χ2v) is 8.09. The highest BCUT2D eigenvalue weighted by atomic mass is 32.2. The lowest BCUT2D eigenvalue weighted by Crippen LogP contribution is -2.14. The van der Waals surface area contributed by atoms with Gasteiger partial charge in [0, 0.05) is 24.2 Å². The van der Waals surface area contributed by atoms with Crippen LogP contribution in [0.5, 0.6) is 0 Å². The average Bonchev–Trinajstić information content (AvgIpc) is 3.07. The van der Waals surface area contributed by atoms with Gasteiger partial charge in [0.25, 0.3) is 10.0 Å². The van der Waals surface area contributed by atoms with Crippen molar-refractivity contribution < 1.29 is 8.42 Å². The number of fused-ring (bicyclic) bond motifs is 1. The van der Waals surface area contributed by atoms with Gasteiger partial charge in [-0.2, -0.15) is 0 Å². The van der Waals surface area contributed by atoms with Crippen LogP contribution >= 0.6 is 0 Å². The zero-order valence-corrected chi connectivity index (χ0v) is 15.7. The number of imidazole rings is 1. The summed E-state index contributed by atoms with van der Waals surface area (Å²) in [6, 6.07) is 14.2. The summed E-state index contributed by atoms with van der Waals surface area (Å²) >= 11 is 0. The van der Waals surface area contributed by atoms with Gasteiger partial charge in [-0.25, -0.2) is 18.4 Å². The van der Waals surface area contributed by atoms with Crippen molar-refractivity contribution in [3.05, 3.63) is 78.2 Å². The molecular formula is C20H18N4O2S. The lowest BCUT2D eigenvalue weighted by molar-refractivity contribution is 0.601. The molecule has 0 saturated heterocycles. The SMILES string of the molecule is Cc1cccc(S(=O)(=O)Nc2cc(-c3cn4cccnc4n3)ccc2C)c1. The molecule has 4 rings (SSSR count). The van der Waals surface area contributed by atoms with E-state index in [1.54, 1.807) is 30.5 Å². The number of hydrogen-bond acceptors (Lipinski definition) is 4. The van der Waals surface area contributed by atoms with E-state index in [9.17, 15) is 8.42 Å². The molecule has 0 atom stereocenters. The molecular weight excluding hydrogens is 360 g/mol. The van der Waals surface area contributed by atoms with Crippen molar-refractivity contribution in [3.8, 4) is 11.3 Å². The minimum absolute atomic E-state index is 0.240. The van der Waals surface area contributed by atoms with Crippen LogP contribution in [0.25, 0.3) is 17.0 Å². The van der Waals surface area contributed by atoms with Gasteiger partial charge in [0.2, 0.25) is 5.78 Å². The molecule has 0 aliphatic carbocycles. The van der Waals surface area contributed by atoms with Crippen molar-refractivity contribution in [1.82, 2.24) is 14.4 Å². The standard InChI is InChI=1S/C20H18N4O2S/c1-14-5-3-6-17(11-14)27(25,26)23-18-12-16(8-7-15(18)2)19-13-24-10-4-9-21-20(24)22-19/h3-13,23H,1-2H3. The fourth-order valence-electron chi connectivity index (χ4n) is 2.85. The van der Waals surface area contributed by atoms with Gasteiger partial charge in [-0.1, -0.05) is 24.3 Å². The highest BCUT2D eigenvalue weighted by Gasteiger charge is 2.16. The van der Waals surface area contributed by atoms with E-state index in [2.05, 4.69) is 14.7 Å². The topological polar surface area (TPSA) is 76.4 Å². The Balaban J connectivity index is 1.72. The number of sulfonamides is 1. The summed E-state index contributed by atoms with van der Waals surface area (Å²) in [6.07, 6.45) is 5.42. The summed E-state index contributed by atoms with van der Waals surface area (Å²) in [7, 11) is -3.67. The molecule has 0 unspecified atom stereocenters. The first-order chi connectivity index (χ1) is 12.9. The molecule has 0 saturated carbocycles. The van der Waals surface area contributed by atoms with Crippen LogP contribution in [0.15, 0.2) is 72.0 Å². The monoisotopic (exact) mass is 378 g/mol. The van der Waals surface area contributed by atoms with Crippen LogP contribution in [-0.2, 0) is 10.0 Å². The first-order valence-electron chi connectivity index (χ1n) is 8.43. The number of nitrogens with one attached hydrogen (secondary N) is 1. The summed E-state index contributed by atoms with van der Waals surface area (Å²) in [5.41, 5.74) is 3.79. The van der Waals surface area contributed by atoms with Crippen LogP contribution in [0.2, 0.25) is 0 Å². The third-order valence-electron chi connectivity index (χ3n) is 4.31. The van der Waals surface area contributed by atoms with Crippen molar-refractivity contribution in [3.63, 3.8) is 0 Å². The van der Waals surface area contributed by atoms with Crippen LogP contribution in [0.4, 0.5) is 5.69 Å². The zero-order valence-electron chi connectivity index (χ0n) is 14.9. The zero-order chi connectivity index (χ0) is 19.0. The van der Waals surface area contributed by atoms with Crippen molar-refractivity contribution in [1.29, 1.82) is 0 Å². The van der Waals surface area contributed by atoms with Crippen molar-refractivity contribution in [2.24, 2.45) is 0 Å². The third-order valence-corrected chi connectivity index (χ3v) is 5.68. The average molecular weight is 378 g/mol. The number of hydrogen-bond donors (Lipinski definition) is 1. The van der Waals surface area contributed by atoms with Gasteiger partial charge in [0.1, 0.15) is 0 Å². The molecule has 7 heteroatoms. The summed E-state index contributed by atoms with van der Waals surface area (Å²) in [6.45, 7) is 3.73. The number of aryl methyl sites for hydroxylation is 2. The van der Waals surface area contributed by atoms with E-state index in [0.717, 1.165) is 22.4 Å². The van der Waals surface area contributed by atoms with Crippen LogP contribution in [-0.4, -0.2) is 22.8 Å². The second kappa shape index (κ2) is 6.51. The molecule has 2 aromatic heterocycles. The quantitative estimate of drug-likeness (QED) is 0.586. The van der Waals surface area contributed by atoms with Crippen LogP contribution in [0, 0.1) is 13.8 Å². The summed E-state index contributed by atoms with van der Waals surface area (Å²) < 4.78 is 30.0. The van der Waals surface area contributed by atoms with E-state index in [-0.39, 0.29) is 4.90 Å². The Bertz CT molecular complexity index is 1210. The van der Waals surface area contributed by atoms with E-state index in [4.69, 9.17) is 0 Å². The summed E-state index contributed by atoms with van der Waals surface area (Å²) in [4.78, 5) is 8.95. The molecule has 2 heterocycles. The Hall–Kier alpha value is -3.19. The normalized spacial score (nSPS) is 11.6. The largest absolute Gasteiger partial charge is 0.291 e. The molecule has 0 fully saturated rings. The molecule has 0 spiro atoms. The van der Waals surface area contributed by atoms with Gasteiger partial charge in [0.05, 0.1) is 16.3 Å². The molecule has 27 heavy (non-hydrogen) atoms. The van der Waals surface area contributed by atoms with E-state index in [1.165, 1.54) is 0 Å². The smallest absolute Gasteiger partial charge is 0.261 e. The first kappa shape index (κ1) is 17.2. The number of benzene rings is 2. The maximum Gasteiger partial charge on any atom is 0.261 e. The van der Waals surface area contributed by atoms with E-state index < -0.39 is 10.0 Å². The fraction of sp³-hybridized carbons (Fsp3) is 0.100. The van der Waals surface area contributed by atoms with Gasteiger partial charge >= 0.3 is 0 Å². The Morgan fingerprint density at radius 1 is 1.04 bits per heavy atom.